The first-order valence-electron chi connectivity index (χ1n) is 7.10. The molecule has 21 heavy (non-hydrogen) atoms. The predicted molar refractivity (Wildman–Crippen MR) is 76.8 cm³/mol. The van der Waals surface area contributed by atoms with E-state index in [4.69, 9.17) is 9.84 Å². The largest absolute Gasteiger partial charge is 0.478 e. The van der Waals surface area contributed by atoms with E-state index in [1.165, 1.54) is 0 Å². The topological polar surface area (TPSA) is 70.1 Å². The van der Waals surface area contributed by atoms with Crippen molar-refractivity contribution >= 4 is 17.7 Å². The van der Waals surface area contributed by atoms with Gasteiger partial charge in [-0.3, -0.25) is 4.90 Å². The number of carbonyl (C=O) groups is 2. The number of benzene rings is 1. The molecule has 0 aromatic heterocycles. The number of carboxylic acid groups (broad SMARTS) is 1. The number of ether oxygens (including phenoxy) is 1. The number of aromatic carboxylic acids is 1. The van der Waals surface area contributed by atoms with Crippen molar-refractivity contribution in [2.45, 2.75) is 19.4 Å². The lowest BCUT2D eigenvalue weighted by Gasteiger charge is -2.34. The van der Waals surface area contributed by atoms with Gasteiger partial charge in [-0.15, -0.1) is 0 Å². The molecule has 1 N–H and O–H groups in total. The second-order valence-electron chi connectivity index (χ2n) is 5.46. The Hall–Kier alpha value is -2.08. The molecule has 2 aliphatic heterocycles. The Labute approximate surface area is 122 Å². The molecule has 6 nitrogen and oxygen atoms in total. The fraction of sp³-hybridized carbons (Fsp3) is 0.467. The molecular weight excluding hydrogens is 272 g/mol. The SMILES string of the molecule is CC1CN(C(=O)N2CCc3cc(C(=O)O)ccc32)CCO1. The first-order valence-corrected chi connectivity index (χ1v) is 7.10. The van der Waals surface area contributed by atoms with Crippen LogP contribution in [0.1, 0.15) is 22.8 Å². The quantitative estimate of drug-likeness (QED) is 0.852. The highest BCUT2D eigenvalue weighted by molar-refractivity contribution is 5.96. The van der Waals surface area contributed by atoms with Crippen LogP contribution in [0.2, 0.25) is 0 Å². The Kier molecular flexibility index (Phi) is 3.55. The summed E-state index contributed by atoms with van der Waals surface area (Å²) in [6.45, 7) is 4.31. The van der Waals surface area contributed by atoms with E-state index in [9.17, 15) is 9.59 Å². The highest BCUT2D eigenvalue weighted by atomic mass is 16.5. The number of anilines is 1. The van der Waals surface area contributed by atoms with Crippen molar-refractivity contribution in [1.29, 1.82) is 0 Å². The van der Waals surface area contributed by atoms with E-state index < -0.39 is 5.97 Å². The third kappa shape index (κ3) is 2.58. The number of carboxylic acids is 1. The second kappa shape index (κ2) is 5.37. The van der Waals surface area contributed by atoms with Crippen LogP contribution in [-0.2, 0) is 11.2 Å². The number of hydrogen-bond acceptors (Lipinski definition) is 3. The molecule has 0 aliphatic carbocycles. The van der Waals surface area contributed by atoms with Crippen LogP contribution in [-0.4, -0.2) is 54.4 Å². The summed E-state index contributed by atoms with van der Waals surface area (Å²) in [5.41, 5.74) is 2.01. The van der Waals surface area contributed by atoms with Gasteiger partial charge in [0.25, 0.3) is 0 Å². The Morgan fingerprint density at radius 1 is 1.33 bits per heavy atom. The maximum absolute atomic E-state index is 12.6. The van der Waals surface area contributed by atoms with E-state index in [1.54, 1.807) is 28.0 Å². The van der Waals surface area contributed by atoms with Crippen LogP contribution in [0.5, 0.6) is 0 Å². The number of morpholine rings is 1. The average molecular weight is 290 g/mol. The summed E-state index contributed by atoms with van der Waals surface area (Å²) in [6, 6.07) is 4.92. The molecule has 112 valence electrons. The molecule has 2 aliphatic rings. The van der Waals surface area contributed by atoms with Gasteiger partial charge in [0.2, 0.25) is 0 Å². The Morgan fingerprint density at radius 2 is 2.14 bits per heavy atom. The number of rotatable bonds is 1. The molecule has 0 bridgehead atoms. The Morgan fingerprint density at radius 3 is 2.86 bits per heavy atom. The zero-order valence-electron chi connectivity index (χ0n) is 11.9. The van der Waals surface area contributed by atoms with E-state index in [1.807, 2.05) is 6.92 Å². The normalized spacial score (nSPS) is 21.3. The summed E-state index contributed by atoms with van der Waals surface area (Å²) >= 11 is 0. The molecule has 1 aromatic carbocycles. The van der Waals surface area contributed by atoms with Gasteiger partial charge in [0.05, 0.1) is 18.3 Å². The lowest BCUT2D eigenvalue weighted by molar-refractivity contribution is -0.00234. The van der Waals surface area contributed by atoms with Crippen LogP contribution in [0, 0.1) is 0 Å². The lowest BCUT2D eigenvalue weighted by atomic mass is 10.1. The second-order valence-corrected chi connectivity index (χ2v) is 5.46. The number of amides is 2. The minimum atomic E-state index is -0.940. The van der Waals surface area contributed by atoms with Gasteiger partial charge in [-0.05, 0) is 37.1 Å². The van der Waals surface area contributed by atoms with Gasteiger partial charge in [0.1, 0.15) is 0 Å². The van der Waals surface area contributed by atoms with Crippen molar-refractivity contribution in [2.75, 3.05) is 31.1 Å². The van der Waals surface area contributed by atoms with Crippen molar-refractivity contribution in [3.05, 3.63) is 29.3 Å². The zero-order valence-corrected chi connectivity index (χ0v) is 11.9. The zero-order chi connectivity index (χ0) is 15.0. The van der Waals surface area contributed by atoms with Gasteiger partial charge in [0.15, 0.2) is 0 Å². The molecule has 1 atom stereocenters. The number of hydrogen-bond donors (Lipinski definition) is 1. The van der Waals surface area contributed by atoms with Crippen molar-refractivity contribution in [3.63, 3.8) is 0 Å². The summed E-state index contributed by atoms with van der Waals surface area (Å²) < 4.78 is 5.45. The number of fused-ring (bicyclic) bond motifs is 1. The molecule has 1 fully saturated rings. The molecular formula is C15H18N2O4. The molecule has 1 unspecified atom stereocenters. The molecule has 0 spiro atoms. The number of nitrogens with zero attached hydrogens (tertiary/aromatic N) is 2. The van der Waals surface area contributed by atoms with E-state index in [-0.39, 0.29) is 17.7 Å². The van der Waals surface area contributed by atoms with Gasteiger partial charge in [-0.2, -0.15) is 0 Å². The number of urea groups is 1. The van der Waals surface area contributed by atoms with Crippen molar-refractivity contribution in [2.24, 2.45) is 0 Å². The fourth-order valence-corrected chi connectivity index (χ4v) is 2.90. The molecule has 6 heteroatoms. The van der Waals surface area contributed by atoms with Crippen LogP contribution in [0.4, 0.5) is 10.5 Å². The smallest absolute Gasteiger partial charge is 0.335 e. The van der Waals surface area contributed by atoms with Gasteiger partial charge in [-0.25, -0.2) is 9.59 Å². The summed E-state index contributed by atoms with van der Waals surface area (Å²) in [4.78, 5) is 27.1. The van der Waals surface area contributed by atoms with Crippen LogP contribution < -0.4 is 4.90 Å². The molecule has 3 rings (SSSR count). The Bertz CT molecular complexity index is 587. The maximum Gasteiger partial charge on any atom is 0.335 e. The first kappa shape index (κ1) is 13.9. The van der Waals surface area contributed by atoms with E-state index in [2.05, 4.69) is 0 Å². The van der Waals surface area contributed by atoms with Crippen LogP contribution in [0.25, 0.3) is 0 Å². The standard InChI is InChI=1S/C15H18N2O4/c1-10-9-16(6-7-21-10)15(20)17-5-4-11-8-12(14(18)19)2-3-13(11)17/h2-3,8,10H,4-7,9H2,1H3,(H,18,19). The van der Waals surface area contributed by atoms with Crippen LogP contribution >= 0.6 is 0 Å². The third-order valence-corrected chi connectivity index (χ3v) is 3.96. The van der Waals surface area contributed by atoms with Gasteiger partial charge >= 0.3 is 12.0 Å². The first-order chi connectivity index (χ1) is 10.1. The van der Waals surface area contributed by atoms with Gasteiger partial charge in [-0.1, -0.05) is 0 Å². The summed E-state index contributed by atoms with van der Waals surface area (Å²) in [5.74, 6) is -0.940. The van der Waals surface area contributed by atoms with Crippen molar-refractivity contribution < 1.29 is 19.4 Å². The average Bonchev–Trinajstić information content (AvgIpc) is 2.89. The molecule has 1 saturated heterocycles. The van der Waals surface area contributed by atoms with E-state index >= 15 is 0 Å². The molecule has 0 radical (unpaired) electrons. The van der Waals surface area contributed by atoms with E-state index in [0.717, 1.165) is 11.3 Å². The summed E-state index contributed by atoms with van der Waals surface area (Å²) in [7, 11) is 0. The van der Waals surface area contributed by atoms with Gasteiger partial charge < -0.3 is 14.7 Å². The molecule has 2 heterocycles. The maximum atomic E-state index is 12.6. The molecule has 0 saturated carbocycles. The lowest BCUT2D eigenvalue weighted by Crippen LogP contribution is -2.50. The highest BCUT2D eigenvalue weighted by Crippen LogP contribution is 2.30. The minimum absolute atomic E-state index is 0.0213. The highest BCUT2D eigenvalue weighted by Gasteiger charge is 2.31. The van der Waals surface area contributed by atoms with Crippen molar-refractivity contribution in [1.82, 2.24) is 4.90 Å². The fourth-order valence-electron chi connectivity index (χ4n) is 2.90. The molecule has 2 amide bonds. The Balaban J connectivity index is 1.80. The van der Waals surface area contributed by atoms with Crippen LogP contribution in [0.15, 0.2) is 18.2 Å². The number of carbonyl (C=O) groups excluding carboxylic acids is 1. The monoisotopic (exact) mass is 290 g/mol. The summed E-state index contributed by atoms with van der Waals surface area (Å²) in [6.07, 6.45) is 0.751. The predicted octanol–water partition coefficient (Wildman–Crippen LogP) is 1.59. The third-order valence-electron chi connectivity index (χ3n) is 3.96. The minimum Gasteiger partial charge on any atom is -0.478 e. The van der Waals surface area contributed by atoms with Gasteiger partial charge in [0, 0.05) is 25.3 Å². The van der Waals surface area contributed by atoms with E-state index in [0.29, 0.717) is 32.7 Å². The summed E-state index contributed by atoms with van der Waals surface area (Å²) in [5, 5.41) is 9.02. The molecule has 1 aromatic rings. The van der Waals surface area contributed by atoms with Crippen molar-refractivity contribution in [3.8, 4) is 0 Å². The van der Waals surface area contributed by atoms with Crippen LogP contribution in [0.3, 0.4) is 0 Å².